The molecule has 15 heteroatoms. The number of carbonyl (C=O) groups excluding carboxylic acids is 2. The number of carbonyl (C=O) groups is 2. The van der Waals surface area contributed by atoms with Gasteiger partial charge in [0.2, 0.25) is 0 Å². The second kappa shape index (κ2) is 13.9. The minimum Gasteiger partial charge on any atom is 1.00 e. The summed E-state index contributed by atoms with van der Waals surface area (Å²) in [6.07, 6.45) is 0. The quantitative estimate of drug-likeness (QED) is 0.276. The Kier molecular flexibility index (Phi) is 13.9. The molecule has 138 valence electrons. The largest absolute Gasteiger partial charge is 1.00 e. The minimum atomic E-state index is -2.02. The second-order valence-electron chi connectivity index (χ2n) is 4.60. The van der Waals surface area contributed by atoms with Gasteiger partial charge in [-0.05, 0) is 0 Å². The Bertz CT molecular complexity index is 767. The van der Waals surface area contributed by atoms with Crippen molar-refractivity contribution in [3.8, 4) is 0 Å². The van der Waals surface area contributed by atoms with Gasteiger partial charge in [-0.2, -0.15) is 0 Å². The first-order valence-corrected chi connectivity index (χ1v) is 14.4. The number of carboxylic acid groups (broad SMARTS) is 2. The van der Waals surface area contributed by atoms with Gasteiger partial charge in [-0.25, -0.2) is 0 Å². The molecule has 10 nitrogen and oxygen atoms in total. The van der Waals surface area contributed by atoms with Crippen LogP contribution in [-0.4, -0.2) is 50.7 Å². The first-order chi connectivity index (χ1) is 12.3. The van der Waals surface area contributed by atoms with Gasteiger partial charge in [-0.1, -0.05) is 0 Å². The van der Waals surface area contributed by atoms with Crippen molar-refractivity contribution in [2.75, 3.05) is 28.3 Å². The van der Waals surface area contributed by atoms with E-state index in [1.165, 1.54) is 20.0 Å². The van der Waals surface area contributed by atoms with Crippen LogP contribution in [0.1, 0.15) is 0 Å². The number of nitrogens with one attached hydrogen (secondary N) is 1. The molecule has 0 spiro atoms. The number of rotatable bonds is 9. The molecule has 0 aliphatic heterocycles. The molecule has 0 amide bonds. The fraction of sp³-hybridized carbons (Fsp3) is 0.154. The van der Waals surface area contributed by atoms with Crippen molar-refractivity contribution in [2.24, 2.45) is 0 Å². The molecule has 2 rings (SSSR count). The van der Waals surface area contributed by atoms with Gasteiger partial charge in [0.15, 0.2) is 0 Å². The Morgan fingerprint density at radius 3 is 1.82 bits per heavy atom. The smallest absolute Gasteiger partial charge is 1.00 e. The van der Waals surface area contributed by atoms with Crippen molar-refractivity contribution < 1.29 is 78.9 Å². The molecule has 0 radical (unpaired) electrons. The van der Waals surface area contributed by atoms with E-state index in [2.05, 4.69) is 20.3 Å². The molecular weight excluding hydrogens is 489 g/mol. The summed E-state index contributed by atoms with van der Waals surface area (Å²) in [6.45, 7) is 0. The number of aliphatic carboxylic acids is 2. The number of nitrogens with two attached hydrogens (primary N) is 2. The molecule has 5 N–H and O–H groups in total. The molecule has 2 aromatic rings. The van der Waals surface area contributed by atoms with Crippen molar-refractivity contribution in [2.45, 2.75) is 0 Å². The van der Waals surface area contributed by atoms with Crippen LogP contribution in [0.2, 0.25) is 0 Å². The Balaban J connectivity index is 0.00000364. The van der Waals surface area contributed by atoms with Crippen LogP contribution in [0.15, 0.2) is 24.3 Å². The standard InChI is InChI=1S/C13H15AsN6O4S2.2Na/c15-11-18-12(16)20-13(19-11)17-8-3-1-7(2-4-8)14(25-5-9(21)22)26-6-10(23)24;;/h1-4H,5-6H2,(H,21,22)(H,23,24)(H5,15,16,17,18,19,20);;/q;2*+1/p-2. The first kappa shape index (κ1) is 27.8. The molecule has 0 aliphatic carbocycles. The summed E-state index contributed by atoms with van der Waals surface area (Å²) >= 11 is -2.02. The maximum atomic E-state index is 10.7. The van der Waals surface area contributed by atoms with Crippen molar-refractivity contribution in [3.05, 3.63) is 24.3 Å². The Morgan fingerprint density at radius 2 is 1.39 bits per heavy atom. The van der Waals surface area contributed by atoms with Crippen LogP contribution >= 0.6 is 20.0 Å². The zero-order valence-corrected chi connectivity index (χ0v) is 22.6. The van der Waals surface area contributed by atoms with Crippen LogP contribution in [0.4, 0.5) is 23.5 Å². The maximum Gasteiger partial charge on any atom is 1.00 e. The number of carboxylic acids is 2. The summed E-state index contributed by atoms with van der Waals surface area (Å²) < 4.78 is 0.884. The number of nitrogen functional groups attached to an aromatic ring is 2. The third-order valence-corrected chi connectivity index (χ3v) is 15.4. The summed E-state index contributed by atoms with van der Waals surface area (Å²) in [5.41, 5.74) is 11.7. The zero-order chi connectivity index (χ0) is 19.1. The van der Waals surface area contributed by atoms with Gasteiger partial charge < -0.3 is 0 Å². The normalized spacial score (nSPS) is 9.89. The molecule has 0 bridgehead atoms. The van der Waals surface area contributed by atoms with E-state index in [0.29, 0.717) is 5.69 Å². The Labute approximate surface area is 216 Å². The number of hydrogen-bond donors (Lipinski definition) is 3. The summed E-state index contributed by atoms with van der Waals surface area (Å²) in [6, 6.07) is 7.07. The Hall–Kier alpha value is -0.172. The molecule has 0 saturated carbocycles. The third kappa shape index (κ3) is 10.0. The summed E-state index contributed by atoms with van der Waals surface area (Å²) in [5.74, 6) is -2.59. The molecule has 28 heavy (non-hydrogen) atoms. The molecule has 0 atom stereocenters. The van der Waals surface area contributed by atoms with E-state index in [1.54, 1.807) is 24.3 Å². The number of benzene rings is 1. The number of aromatic nitrogens is 3. The van der Waals surface area contributed by atoms with Gasteiger partial charge in [-0.15, -0.1) is 0 Å². The van der Waals surface area contributed by atoms with Crippen LogP contribution in [0.25, 0.3) is 0 Å². The maximum absolute atomic E-state index is 10.7. The van der Waals surface area contributed by atoms with Gasteiger partial charge in [-0.3, -0.25) is 0 Å². The van der Waals surface area contributed by atoms with Crippen LogP contribution in [0, 0.1) is 0 Å². The number of nitrogens with zero attached hydrogens (tertiary/aromatic N) is 3. The fourth-order valence-electron chi connectivity index (χ4n) is 1.67. The van der Waals surface area contributed by atoms with E-state index in [1.807, 2.05) is 0 Å². The summed E-state index contributed by atoms with van der Waals surface area (Å²) in [5, 5.41) is 24.3. The topological polar surface area (TPSA) is 183 Å². The van der Waals surface area contributed by atoms with Crippen LogP contribution in [0.3, 0.4) is 0 Å². The van der Waals surface area contributed by atoms with Crippen molar-refractivity contribution in [3.63, 3.8) is 0 Å². The fourth-order valence-corrected chi connectivity index (χ4v) is 12.5. The minimum absolute atomic E-state index is 0. The van der Waals surface area contributed by atoms with Crippen LogP contribution < -0.4 is 90.5 Å². The first-order valence-electron chi connectivity index (χ1n) is 6.93. The SMILES string of the molecule is Nc1nc(N)nc(Nc2ccc([As](SCC(=O)[O-])SCC(=O)[O-])cc2)n1.[Na+].[Na+]. The molecule has 0 saturated heterocycles. The molecule has 0 fully saturated rings. The van der Waals surface area contributed by atoms with Crippen LogP contribution in [-0.2, 0) is 9.59 Å². The van der Waals surface area contributed by atoms with E-state index in [-0.39, 0.29) is 88.5 Å². The van der Waals surface area contributed by atoms with Crippen LogP contribution in [0.5, 0.6) is 0 Å². The molecule has 1 heterocycles. The average molecular weight is 502 g/mol. The van der Waals surface area contributed by atoms with Crippen molar-refractivity contribution >= 4 is 72.2 Å². The summed E-state index contributed by atoms with van der Waals surface area (Å²) in [7, 11) is 2.42. The zero-order valence-electron chi connectivity index (χ0n) is 15.1. The summed E-state index contributed by atoms with van der Waals surface area (Å²) in [4.78, 5) is 32.9. The molecule has 1 aromatic heterocycles. The predicted octanol–water partition coefficient (Wildman–Crippen LogP) is -8.55. The molecule has 0 aliphatic rings. The van der Waals surface area contributed by atoms with Gasteiger partial charge in [0.25, 0.3) is 0 Å². The third-order valence-electron chi connectivity index (χ3n) is 2.60. The van der Waals surface area contributed by atoms with Gasteiger partial charge in [0.05, 0.1) is 0 Å². The van der Waals surface area contributed by atoms with E-state index >= 15 is 0 Å². The van der Waals surface area contributed by atoms with E-state index < -0.39 is 24.3 Å². The van der Waals surface area contributed by atoms with Crippen molar-refractivity contribution in [1.29, 1.82) is 0 Å². The van der Waals surface area contributed by atoms with Crippen molar-refractivity contribution in [1.82, 2.24) is 15.0 Å². The van der Waals surface area contributed by atoms with E-state index in [0.717, 1.165) is 4.35 Å². The second-order valence-corrected chi connectivity index (χ2v) is 16.1. The predicted molar refractivity (Wildman–Crippen MR) is 98.7 cm³/mol. The number of hydrogen-bond acceptors (Lipinski definition) is 12. The van der Waals surface area contributed by atoms with Gasteiger partial charge in [0.1, 0.15) is 0 Å². The Morgan fingerprint density at radius 1 is 0.929 bits per heavy atom. The monoisotopic (exact) mass is 502 g/mol. The van der Waals surface area contributed by atoms with Gasteiger partial charge >= 0.3 is 219 Å². The number of anilines is 4. The van der Waals surface area contributed by atoms with Gasteiger partial charge in [0, 0.05) is 0 Å². The van der Waals surface area contributed by atoms with E-state index in [4.69, 9.17) is 11.5 Å². The average Bonchev–Trinajstić information content (AvgIpc) is 2.54. The molecule has 1 aromatic carbocycles. The molecule has 0 unspecified atom stereocenters. The van der Waals surface area contributed by atoms with E-state index in [9.17, 15) is 19.8 Å². The molecular formula is C13H13AsN6Na2O4S2.